The first kappa shape index (κ1) is 18.2. The van der Waals surface area contributed by atoms with Gasteiger partial charge < -0.3 is 9.47 Å². The van der Waals surface area contributed by atoms with E-state index >= 15 is 0 Å². The molecular formula is C23H18FNO2. The van der Waals surface area contributed by atoms with E-state index in [1.807, 2.05) is 30.3 Å². The lowest BCUT2D eigenvalue weighted by molar-refractivity contribution is 0.284. The van der Waals surface area contributed by atoms with Crippen molar-refractivity contribution in [2.75, 3.05) is 7.11 Å². The predicted molar refractivity (Wildman–Crippen MR) is 104 cm³/mol. The Labute approximate surface area is 157 Å². The maximum Gasteiger partial charge on any atom is 0.161 e. The Morgan fingerprint density at radius 3 is 2.44 bits per heavy atom. The number of halogens is 1. The summed E-state index contributed by atoms with van der Waals surface area (Å²) in [6, 6.07) is 23.4. The van der Waals surface area contributed by atoms with Crippen LogP contribution in [-0.2, 0) is 6.61 Å². The monoisotopic (exact) mass is 359 g/mol. The van der Waals surface area contributed by atoms with E-state index in [1.165, 1.54) is 6.07 Å². The summed E-state index contributed by atoms with van der Waals surface area (Å²) in [6.45, 7) is 0.422. The molecule has 134 valence electrons. The van der Waals surface area contributed by atoms with Crippen molar-refractivity contribution in [3.63, 3.8) is 0 Å². The number of allylic oxidation sites excluding steroid dienone is 1. The first-order valence-corrected chi connectivity index (χ1v) is 8.42. The minimum atomic E-state index is -0.430. The molecule has 0 N–H and O–H groups in total. The Hall–Kier alpha value is -3.58. The number of nitriles is 1. The van der Waals surface area contributed by atoms with Gasteiger partial charge in [-0.25, -0.2) is 4.39 Å². The van der Waals surface area contributed by atoms with Crippen LogP contribution in [0.5, 0.6) is 11.5 Å². The second-order valence-corrected chi connectivity index (χ2v) is 5.83. The van der Waals surface area contributed by atoms with Gasteiger partial charge in [0.2, 0.25) is 0 Å². The molecule has 3 aromatic carbocycles. The number of ether oxygens (including phenoxy) is 2. The molecule has 0 atom stereocenters. The summed E-state index contributed by atoms with van der Waals surface area (Å²) in [5.74, 6) is 0.716. The summed E-state index contributed by atoms with van der Waals surface area (Å²) < 4.78 is 25.2. The molecule has 0 aliphatic heterocycles. The molecule has 0 radical (unpaired) electrons. The molecule has 27 heavy (non-hydrogen) atoms. The van der Waals surface area contributed by atoms with Crippen LogP contribution in [0, 0.1) is 17.1 Å². The van der Waals surface area contributed by atoms with E-state index in [1.54, 1.807) is 49.6 Å². The second kappa shape index (κ2) is 8.68. The maximum atomic E-state index is 14.0. The van der Waals surface area contributed by atoms with Crippen LogP contribution in [0.1, 0.15) is 16.7 Å². The molecular weight excluding hydrogens is 341 g/mol. The normalized spacial score (nSPS) is 10.9. The van der Waals surface area contributed by atoms with Gasteiger partial charge in [-0.1, -0.05) is 54.6 Å². The first-order chi connectivity index (χ1) is 13.2. The number of methoxy groups -OCH3 is 1. The zero-order valence-corrected chi connectivity index (χ0v) is 14.9. The Morgan fingerprint density at radius 2 is 1.74 bits per heavy atom. The van der Waals surface area contributed by atoms with Gasteiger partial charge in [0.15, 0.2) is 11.5 Å². The summed E-state index contributed by atoms with van der Waals surface area (Å²) in [7, 11) is 1.56. The van der Waals surface area contributed by atoms with Gasteiger partial charge in [-0.15, -0.1) is 0 Å². The van der Waals surface area contributed by atoms with Gasteiger partial charge in [-0.3, -0.25) is 0 Å². The lowest BCUT2D eigenvalue weighted by Gasteiger charge is -2.11. The minimum Gasteiger partial charge on any atom is -0.493 e. The molecule has 0 spiro atoms. The van der Waals surface area contributed by atoms with Gasteiger partial charge in [-0.2, -0.15) is 5.26 Å². The van der Waals surface area contributed by atoms with E-state index in [-0.39, 0.29) is 11.1 Å². The van der Waals surface area contributed by atoms with E-state index in [4.69, 9.17) is 9.47 Å². The molecule has 0 bridgehead atoms. The number of rotatable bonds is 6. The minimum absolute atomic E-state index is 0.244. The quantitative estimate of drug-likeness (QED) is 0.432. The summed E-state index contributed by atoms with van der Waals surface area (Å²) in [4.78, 5) is 0. The summed E-state index contributed by atoms with van der Waals surface area (Å²) in [5, 5.41) is 9.42. The van der Waals surface area contributed by atoms with E-state index in [2.05, 4.69) is 6.07 Å². The Morgan fingerprint density at radius 1 is 1.00 bits per heavy atom. The Balaban J connectivity index is 1.85. The lowest BCUT2D eigenvalue weighted by atomic mass is 10.0. The van der Waals surface area contributed by atoms with Crippen molar-refractivity contribution in [2.45, 2.75) is 6.61 Å². The van der Waals surface area contributed by atoms with Crippen LogP contribution >= 0.6 is 0 Å². The zero-order valence-electron chi connectivity index (χ0n) is 14.9. The molecule has 0 aliphatic rings. The summed E-state index contributed by atoms with van der Waals surface area (Å²) >= 11 is 0. The van der Waals surface area contributed by atoms with Crippen molar-refractivity contribution in [1.29, 1.82) is 5.26 Å². The SMILES string of the molecule is COc1cc(C=C(C#N)c2ccccc2F)ccc1OCc1ccccc1. The molecule has 4 heteroatoms. The molecule has 0 heterocycles. The van der Waals surface area contributed by atoms with E-state index < -0.39 is 5.82 Å². The highest BCUT2D eigenvalue weighted by molar-refractivity contribution is 5.90. The van der Waals surface area contributed by atoms with E-state index in [0.29, 0.717) is 18.1 Å². The fraction of sp³-hybridized carbons (Fsp3) is 0.0870. The van der Waals surface area contributed by atoms with Gasteiger partial charge in [0, 0.05) is 5.56 Å². The van der Waals surface area contributed by atoms with Crippen molar-refractivity contribution >= 4 is 11.6 Å². The van der Waals surface area contributed by atoms with Crippen LogP contribution in [0.4, 0.5) is 4.39 Å². The predicted octanol–water partition coefficient (Wildman–Crippen LogP) is 5.48. The highest BCUT2D eigenvalue weighted by atomic mass is 19.1. The van der Waals surface area contributed by atoms with Crippen LogP contribution in [0.15, 0.2) is 72.8 Å². The third-order valence-corrected chi connectivity index (χ3v) is 4.02. The molecule has 0 fully saturated rings. The van der Waals surface area contributed by atoms with Gasteiger partial charge in [0.1, 0.15) is 12.4 Å². The van der Waals surface area contributed by atoms with Crippen LogP contribution in [0.3, 0.4) is 0 Å². The molecule has 0 aliphatic carbocycles. The Bertz CT molecular complexity index is 991. The molecule has 0 aromatic heterocycles. The Kier molecular flexibility index (Phi) is 5.86. The zero-order chi connectivity index (χ0) is 19.1. The van der Waals surface area contributed by atoms with Crippen LogP contribution in [-0.4, -0.2) is 7.11 Å². The highest BCUT2D eigenvalue weighted by Crippen LogP contribution is 2.30. The van der Waals surface area contributed by atoms with Crippen molar-refractivity contribution in [3.8, 4) is 17.6 Å². The van der Waals surface area contributed by atoms with E-state index in [0.717, 1.165) is 11.1 Å². The van der Waals surface area contributed by atoms with Crippen LogP contribution < -0.4 is 9.47 Å². The molecule has 0 saturated carbocycles. The van der Waals surface area contributed by atoms with Crippen molar-refractivity contribution in [2.24, 2.45) is 0 Å². The average molecular weight is 359 g/mol. The van der Waals surface area contributed by atoms with E-state index in [9.17, 15) is 9.65 Å². The van der Waals surface area contributed by atoms with Gasteiger partial charge in [0.25, 0.3) is 0 Å². The number of hydrogen-bond donors (Lipinski definition) is 0. The largest absolute Gasteiger partial charge is 0.493 e. The third-order valence-electron chi connectivity index (χ3n) is 4.02. The topological polar surface area (TPSA) is 42.2 Å². The number of hydrogen-bond acceptors (Lipinski definition) is 3. The fourth-order valence-electron chi connectivity index (χ4n) is 2.65. The van der Waals surface area contributed by atoms with Gasteiger partial charge >= 0.3 is 0 Å². The molecule has 3 nitrogen and oxygen atoms in total. The molecule has 3 aromatic rings. The van der Waals surface area contributed by atoms with Gasteiger partial charge in [-0.05, 0) is 35.4 Å². The number of benzene rings is 3. The smallest absolute Gasteiger partial charge is 0.161 e. The van der Waals surface area contributed by atoms with Crippen molar-refractivity contribution in [1.82, 2.24) is 0 Å². The summed E-state index contributed by atoms with van der Waals surface area (Å²) in [6.07, 6.45) is 1.63. The van der Waals surface area contributed by atoms with Crippen LogP contribution in [0.2, 0.25) is 0 Å². The van der Waals surface area contributed by atoms with Gasteiger partial charge in [0.05, 0.1) is 18.8 Å². The third kappa shape index (κ3) is 4.53. The first-order valence-electron chi connectivity index (χ1n) is 8.42. The van der Waals surface area contributed by atoms with Crippen molar-refractivity contribution in [3.05, 3.63) is 95.3 Å². The molecule has 3 rings (SSSR count). The average Bonchev–Trinajstić information content (AvgIpc) is 2.72. The molecule has 0 unspecified atom stereocenters. The summed E-state index contributed by atoms with van der Waals surface area (Å²) in [5.41, 5.74) is 2.28. The van der Waals surface area contributed by atoms with Crippen molar-refractivity contribution < 1.29 is 13.9 Å². The standard InChI is InChI=1S/C23H18FNO2/c1-26-23-14-18(13-19(15-25)20-9-5-6-10-21(20)24)11-12-22(23)27-16-17-7-3-2-4-8-17/h2-14H,16H2,1H3. The maximum absolute atomic E-state index is 14.0. The number of nitrogens with zero attached hydrogens (tertiary/aromatic N) is 1. The molecule has 0 amide bonds. The highest BCUT2D eigenvalue weighted by Gasteiger charge is 2.09. The second-order valence-electron chi connectivity index (χ2n) is 5.83. The van der Waals surface area contributed by atoms with Crippen LogP contribution in [0.25, 0.3) is 11.6 Å². The molecule has 0 saturated heterocycles. The fourth-order valence-corrected chi connectivity index (χ4v) is 2.65. The lowest BCUT2D eigenvalue weighted by Crippen LogP contribution is -1.97.